The largest absolute Gasteiger partial charge is 0.0596 e. The van der Waals surface area contributed by atoms with E-state index in [1.165, 1.54) is 70.6 Å². The molecule has 82 valence electrons. The third-order valence-electron chi connectivity index (χ3n) is 4.40. The van der Waals surface area contributed by atoms with Crippen molar-refractivity contribution in [3.63, 3.8) is 0 Å². The molecule has 0 spiro atoms. The molecule has 0 nitrogen and oxygen atoms in total. The predicted octanol–water partition coefficient (Wildman–Crippen LogP) is 4.93. The van der Waals surface area contributed by atoms with Gasteiger partial charge in [0.1, 0.15) is 0 Å². The van der Waals surface area contributed by atoms with Gasteiger partial charge in [-0.05, 0) is 30.6 Å². The quantitative estimate of drug-likeness (QED) is 0.526. The highest BCUT2D eigenvalue weighted by Gasteiger charge is 2.27. The van der Waals surface area contributed by atoms with Crippen molar-refractivity contribution in [2.24, 2.45) is 11.3 Å². The molecule has 0 bridgehead atoms. The topological polar surface area (TPSA) is 0 Å². The van der Waals surface area contributed by atoms with Crippen LogP contribution in [0.4, 0.5) is 0 Å². The molecule has 0 aliphatic heterocycles. The summed E-state index contributed by atoms with van der Waals surface area (Å²) in [4.78, 5) is 0. The predicted molar refractivity (Wildman–Crippen MR) is 62.4 cm³/mol. The summed E-state index contributed by atoms with van der Waals surface area (Å²) in [5.41, 5.74) is 0.750. The standard InChI is InChI=1S/C14H26/c1-14(11-5-6-12-14)10-4-2-3-7-13-8-9-13/h13H,2-12H2,1H3. The molecule has 0 heteroatoms. The lowest BCUT2D eigenvalue weighted by atomic mass is 9.83. The van der Waals surface area contributed by atoms with Crippen LogP contribution in [-0.2, 0) is 0 Å². The second kappa shape index (κ2) is 4.68. The minimum Gasteiger partial charge on any atom is -0.0596 e. The fourth-order valence-corrected chi connectivity index (χ4v) is 3.05. The lowest BCUT2D eigenvalue weighted by Gasteiger charge is -2.22. The molecule has 14 heavy (non-hydrogen) atoms. The van der Waals surface area contributed by atoms with E-state index in [0.717, 1.165) is 11.3 Å². The minimum atomic E-state index is 0.750. The Morgan fingerprint density at radius 2 is 1.71 bits per heavy atom. The van der Waals surface area contributed by atoms with Crippen LogP contribution in [0.2, 0.25) is 0 Å². The van der Waals surface area contributed by atoms with E-state index in [2.05, 4.69) is 6.92 Å². The maximum absolute atomic E-state index is 2.51. The zero-order chi connectivity index (χ0) is 9.86. The number of unbranched alkanes of at least 4 members (excludes halogenated alkanes) is 2. The molecule has 0 aromatic rings. The van der Waals surface area contributed by atoms with Crippen molar-refractivity contribution in [2.45, 2.75) is 77.6 Å². The van der Waals surface area contributed by atoms with Gasteiger partial charge in [-0.2, -0.15) is 0 Å². The summed E-state index contributed by atoms with van der Waals surface area (Å²) in [6.07, 6.45) is 16.7. The third-order valence-corrected chi connectivity index (χ3v) is 4.40. The first-order valence-electron chi connectivity index (χ1n) is 6.79. The molecule has 2 aliphatic rings. The second-order valence-electron chi connectivity index (χ2n) is 6.06. The number of hydrogen-bond acceptors (Lipinski definition) is 0. The fraction of sp³-hybridized carbons (Fsp3) is 1.00. The molecule has 0 amide bonds. The van der Waals surface area contributed by atoms with Crippen LogP contribution in [0.15, 0.2) is 0 Å². The van der Waals surface area contributed by atoms with E-state index in [1.54, 1.807) is 0 Å². The fourth-order valence-electron chi connectivity index (χ4n) is 3.05. The normalized spacial score (nSPS) is 25.5. The Kier molecular flexibility index (Phi) is 3.52. The Morgan fingerprint density at radius 3 is 2.36 bits per heavy atom. The van der Waals surface area contributed by atoms with Gasteiger partial charge < -0.3 is 0 Å². The van der Waals surface area contributed by atoms with Crippen molar-refractivity contribution < 1.29 is 0 Å². The molecule has 2 aliphatic carbocycles. The van der Waals surface area contributed by atoms with E-state index >= 15 is 0 Å². The van der Waals surface area contributed by atoms with Crippen molar-refractivity contribution in [3.8, 4) is 0 Å². The van der Waals surface area contributed by atoms with Gasteiger partial charge in [-0.25, -0.2) is 0 Å². The van der Waals surface area contributed by atoms with Crippen molar-refractivity contribution in [1.82, 2.24) is 0 Å². The van der Waals surface area contributed by atoms with E-state index in [4.69, 9.17) is 0 Å². The Balaban J connectivity index is 1.48. The van der Waals surface area contributed by atoms with Crippen LogP contribution >= 0.6 is 0 Å². The average Bonchev–Trinajstić information content (AvgIpc) is 2.89. The van der Waals surface area contributed by atoms with E-state index in [1.807, 2.05) is 0 Å². The Morgan fingerprint density at radius 1 is 1.00 bits per heavy atom. The van der Waals surface area contributed by atoms with Gasteiger partial charge in [0.15, 0.2) is 0 Å². The van der Waals surface area contributed by atoms with Crippen molar-refractivity contribution >= 4 is 0 Å². The second-order valence-corrected chi connectivity index (χ2v) is 6.06. The zero-order valence-electron chi connectivity index (χ0n) is 9.86. The van der Waals surface area contributed by atoms with E-state index in [-0.39, 0.29) is 0 Å². The van der Waals surface area contributed by atoms with Gasteiger partial charge in [0.05, 0.1) is 0 Å². The zero-order valence-corrected chi connectivity index (χ0v) is 9.86. The molecule has 2 rings (SSSR count). The first-order chi connectivity index (χ1) is 6.79. The van der Waals surface area contributed by atoms with Crippen LogP contribution in [0, 0.1) is 11.3 Å². The molecule has 0 atom stereocenters. The maximum atomic E-state index is 2.51. The highest BCUT2D eigenvalue weighted by atomic mass is 14.3. The molecule has 0 N–H and O–H groups in total. The SMILES string of the molecule is CC1(CCCCCC2CC2)CCCC1. The van der Waals surface area contributed by atoms with E-state index < -0.39 is 0 Å². The summed E-state index contributed by atoms with van der Waals surface area (Å²) in [7, 11) is 0. The van der Waals surface area contributed by atoms with Crippen LogP contribution in [0.1, 0.15) is 77.6 Å². The molecule has 2 fully saturated rings. The van der Waals surface area contributed by atoms with E-state index in [9.17, 15) is 0 Å². The van der Waals surface area contributed by atoms with E-state index in [0.29, 0.717) is 0 Å². The summed E-state index contributed by atoms with van der Waals surface area (Å²) in [6, 6.07) is 0. The molecular weight excluding hydrogens is 168 g/mol. The lowest BCUT2D eigenvalue weighted by Crippen LogP contribution is -2.10. The van der Waals surface area contributed by atoms with Crippen LogP contribution < -0.4 is 0 Å². The number of hydrogen-bond donors (Lipinski definition) is 0. The lowest BCUT2D eigenvalue weighted by molar-refractivity contribution is 0.294. The number of rotatable bonds is 6. The first-order valence-corrected chi connectivity index (χ1v) is 6.79. The maximum Gasteiger partial charge on any atom is -0.0326 e. The summed E-state index contributed by atoms with van der Waals surface area (Å²) in [6.45, 7) is 2.51. The van der Waals surface area contributed by atoms with Gasteiger partial charge in [0.2, 0.25) is 0 Å². The van der Waals surface area contributed by atoms with Crippen LogP contribution in [0.5, 0.6) is 0 Å². The average molecular weight is 194 g/mol. The minimum absolute atomic E-state index is 0.750. The molecule has 2 saturated carbocycles. The molecule has 0 aromatic heterocycles. The highest BCUT2D eigenvalue weighted by molar-refractivity contribution is 4.80. The van der Waals surface area contributed by atoms with Gasteiger partial charge in [0, 0.05) is 0 Å². The van der Waals surface area contributed by atoms with Crippen LogP contribution in [0.3, 0.4) is 0 Å². The van der Waals surface area contributed by atoms with Crippen LogP contribution in [-0.4, -0.2) is 0 Å². The van der Waals surface area contributed by atoms with Gasteiger partial charge >= 0.3 is 0 Å². The molecule has 0 aromatic carbocycles. The Bertz CT molecular complexity index is 161. The van der Waals surface area contributed by atoms with Crippen molar-refractivity contribution in [1.29, 1.82) is 0 Å². The first kappa shape index (κ1) is 10.5. The summed E-state index contributed by atoms with van der Waals surface area (Å²) in [5.74, 6) is 1.15. The Labute approximate surface area is 89.5 Å². The van der Waals surface area contributed by atoms with Gasteiger partial charge in [-0.1, -0.05) is 58.3 Å². The van der Waals surface area contributed by atoms with Crippen molar-refractivity contribution in [2.75, 3.05) is 0 Å². The summed E-state index contributed by atoms with van der Waals surface area (Å²) < 4.78 is 0. The molecule has 0 unspecified atom stereocenters. The third kappa shape index (κ3) is 3.29. The van der Waals surface area contributed by atoms with Gasteiger partial charge in [-0.3, -0.25) is 0 Å². The van der Waals surface area contributed by atoms with Gasteiger partial charge in [-0.15, -0.1) is 0 Å². The molecule has 0 heterocycles. The summed E-state index contributed by atoms with van der Waals surface area (Å²) in [5, 5.41) is 0. The molecule has 0 saturated heterocycles. The van der Waals surface area contributed by atoms with Crippen molar-refractivity contribution in [3.05, 3.63) is 0 Å². The summed E-state index contributed by atoms with van der Waals surface area (Å²) >= 11 is 0. The molecule has 0 radical (unpaired) electrons. The molecular formula is C14H26. The monoisotopic (exact) mass is 194 g/mol. The van der Waals surface area contributed by atoms with Gasteiger partial charge in [0.25, 0.3) is 0 Å². The highest BCUT2D eigenvalue weighted by Crippen LogP contribution is 2.42. The smallest absolute Gasteiger partial charge is 0.0326 e. The Hall–Kier alpha value is 0. The van der Waals surface area contributed by atoms with Crippen LogP contribution in [0.25, 0.3) is 0 Å².